The van der Waals surface area contributed by atoms with Gasteiger partial charge in [0.2, 0.25) is 0 Å². The molecule has 0 saturated carbocycles. The van der Waals surface area contributed by atoms with Crippen molar-refractivity contribution in [1.29, 1.82) is 5.26 Å². The number of fused-ring (bicyclic) bond motifs is 1. The molecule has 0 spiro atoms. The molecule has 0 radical (unpaired) electrons. The Morgan fingerprint density at radius 3 is 2.59 bits per heavy atom. The first-order valence-electron chi connectivity index (χ1n) is 8.98. The summed E-state index contributed by atoms with van der Waals surface area (Å²) in [5.41, 5.74) is 2.80. The van der Waals surface area contributed by atoms with Crippen molar-refractivity contribution < 1.29 is 14.6 Å². The van der Waals surface area contributed by atoms with Gasteiger partial charge in [0.05, 0.1) is 26.0 Å². The molecule has 3 N–H and O–H groups in total. The van der Waals surface area contributed by atoms with Gasteiger partial charge in [-0.1, -0.05) is 0 Å². The van der Waals surface area contributed by atoms with Crippen LogP contribution in [0.25, 0.3) is 5.70 Å². The van der Waals surface area contributed by atoms with E-state index in [-0.39, 0.29) is 5.54 Å². The molecule has 1 aliphatic heterocycles. The Balaban J connectivity index is 2.22. The number of allylic oxidation sites excluding steroid dienone is 1. The topological polar surface area (TPSA) is 86.5 Å². The van der Waals surface area contributed by atoms with E-state index in [1.807, 2.05) is 12.1 Å². The molecule has 0 amide bonds. The van der Waals surface area contributed by atoms with Crippen LogP contribution >= 0.6 is 11.8 Å². The minimum absolute atomic E-state index is 0.0539. The fraction of sp³-hybridized carbons (Fsp3) is 0.550. The van der Waals surface area contributed by atoms with Gasteiger partial charge >= 0.3 is 0 Å². The van der Waals surface area contributed by atoms with E-state index in [0.717, 1.165) is 29.8 Å². The van der Waals surface area contributed by atoms with E-state index in [2.05, 4.69) is 37.5 Å². The largest absolute Gasteiger partial charge is 0.493 e. The molecule has 0 bridgehead atoms. The Kier molecular flexibility index (Phi) is 7.42. The maximum absolute atomic E-state index is 10.2. The average molecular weight is 392 g/mol. The van der Waals surface area contributed by atoms with Crippen molar-refractivity contribution in [2.24, 2.45) is 0 Å². The van der Waals surface area contributed by atoms with Crippen LogP contribution in [0, 0.1) is 11.3 Å². The van der Waals surface area contributed by atoms with E-state index in [9.17, 15) is 10.4 Å². The van der Waals surface area contributed by atoms with E-state index in [0.29, 0.717) is 28.7 Å². The number of hydrogen-bond acceptors (Lipinski definition) is 7. The number of β-amino-alcohol motifs (C(OH)–C–C–N with tert-alkyl or cyclic N) is 1. The predicted octanol–water partition coefficient (Wildman–Crippen LogP) is 2.52. The zero-order valence-corrected chi connectivity index (χ0v) is 17.5. The van der Waals surface area contributed by atoms with Crippen LogP contribution in [0.3, 0.4) is 0 Å². The number of nitriles is 1. The minimum atomic E-state index is -0.536. The second-order valence-corrected chi connectivity index (χ2v) is 8.48. The highest BCUT2D eigenvalue weighted by molar-refractivity contribution is 8.03. The van der Waals surface area contributed by atoms with Gasteiger partial charge in [-0.25, -0.2) is 0 Å². The first-order valence-corrected chi connectivity index (χ1v) is 9.97. The molecule has 0 aromatic heterocycles. The van der Waals surface area contributed by atoms with Crippen molar-refractivity contribution in [2.45, 2.75) is 38.8 Å². The normalized spacial score (nSPS) is 16.6. The Labute approximate surface area is 165 Å². The standard InChI is InChI=1S/C20H29N3O3S/c1-20(2,3)23-11-14(24)12-27-18(10-21)19-15-9-17(26-5)16(25-4)8-13(15)6-7-22-19/h8-9,14,22-24H,6-7,11-12H2,1-5H3. The third-order valence-electron chi connectivity index (χ3n) is 4.19. The van der Waals surface area contributed by atoms with Crippen molar-refractivity contribution in [3.05, 3.63) is 28.2 Å². The molecule has 6 nitrogen and oxygen atoms in total. The number of thioether (sulfide) groups is 1. The number of aliphatic hydroxyl groups is 1. The SMILES string of the molecule is COc1cc2c(cc1OC)C(=C(C#N)SCC(O)CNC(C)(C)C)NCC2. The number of hydrogen-bond donors (Lipinski definition) is 3. The maximum atomic E-state index is 10.2. The Hall–Kier alpha value is -1.88. The summed E-state index contributed by atoms with van der Waals surface area (Å²) in [6.45, 7) is 7.40. The number of rotatable bonds is 7. The summed E-state index contributed by atoms with van der Waals surface area (Å²) < 4.78 is 10.8. The fourth-order valence-corrected chi connectivity index (χ4v) is 3.67. The van der Waals surface area contributed by atoms with E-state index in [4.69, 9.17) is 9.47 Å². The summed E-state index contributed by atoms with van der Waals surface area (Å²) >= 11 is 1.37. The maximum Gasteiger partial charge on any atom is 0.161 e. The zero-order valence-electron chi connectivity index (χ0n) is 16.7. The smallest absolute Gasteiger partial charge is 0.161 e. The molecule has 1 aromatic rings. The number of nitrogens with one attached hydrogen (secondary N) is 2. The number of ether oxygens (including phenoxy) is 2. The van der Waals surface area contributed by atoms with E-state index < -0.39 is 6.10 Å². The average Bonchev–Trinajstić information content (AvgIpc) is 2.65. The molecule has 2 rings (SSSR count). The molecule has 1 heterocycles. The molecular weight excluding hydrogens is 362 g/mol. The highest BCUT2D eigenvalue weighted by Gasteiger charge is 2.22. The van der Waals surface area contributed by atoms with Crippen molar-refractivity contribution in [3.63, 3.8) is 0 Å². The Morgan fingerprint density at radius 2 is 2.00 bits per heavy atom. The quantitative estimate of drug-likeness (QED) is 0.616. The van der Waals surface area contributed by atoms with E-state index in [1.165, 1.54) is 11.8 Å². The number of aliphatic hydroxyl groups excluding tert-OH is 1. The molecule has 1 atom stereocenters. The third-order valence-corrected chi connectivity index (χ3v) is 5.33. The predicted molar refractivity (Wildman–Crippen MR) is 110 cm³/mol. The Morgan fingerprint density at radius 1 is 1.33 bits per heavy atom. The fourth-order valence-electron chi connectivity index (χ4n) is 2.80. The molecule has 1 aromatic carbocycles. The summed E-state index contributed by atoms with van der Waals surface area (Å²) in [4.78, 5) is 0.568. The lowest BCUT2D eigenvalue weighted by molar-refractivity contribution is 0.183. The molecule has 27 heavy (non-hydrogen) atoms. The lowest BCUT2D eigenvalue weighted by Gasteiger charge is -2.25. The van der Waals surface area contributed by atoms with Crippen molar-refractivity contribution in [2.75, 3.05) is 33.1 Å². The first kappa shape index (κ1) is 21.4. The van der Waals surface area contributed by atoms with Crippen LogP contribution in [0.1, 0.15) is 31.9 Å². The van der Waals surface area contributed by atoms with Gasteiger partial charge in [-0.2, -0.15) is 5.26 Å². The Bertz CT molecular complexity index is 735. The monoisotopic (exact) mass is 391 g/mol. The van der Waals surface area contributed by atoms with Crippen molar-refractivity contribution in [1.82, 2.24) is 10.6 Å². The summed E-state index contributed by atoms with van der Waals surface area (Å²) in [5.74, 6) is 1.77. The van der Waals surface area contributed by atoms with Gasteiger partial charge in [-0.15, -0.1) is 11.8 Å². The van der Waals surface area contributed by atoms with Crippen LogP contribution in [0.5, 0.6) is 11.5 Å². The van der Waals surface area contributed by atoms with E-state index in [1.54, 1.807) is 14.2 Å². The van der Waals surface area contributed by atoms with Crippen LogP contribution in [-0.4, -0.2) is 49.8 Å². The van der Waals surface area contributed by atoms with Crippen LogP contribution in [0.15, 0.2) is 17.0 Å². The summed E-state index contributed by atoms with van der Waals surface area (Å²) in [6, 6.07) is 6.16. The molecule has 0 fully saturated rings. The zero-order chi connectivity index (χ0) is 20.0. The van der Waals surface area contributed by atoms with Gasteiger partial charge in [-0.3, -0.25) is 0 Å². The molecule has 0 aliphatic carbocycles. The van der Waals surface area contributed by atoms with Crippen molar-refractivity contribution >= 4 is 17.5 Å². The number of nitrogens with zero attached hydrogens (tertiary/aromatic N) is 1. The lowest BCUT2D eigenvalue weighted by Crippen LogP contribution is -2.41. The van der Waals surface area contributed by atoms with Gasteiger partial charge in [-0.05, 0) is 44.9 Å². The van der Waals surface area contributed by atoms with Crippen LogP contribution in [0.4, 0.5) is 0 Å². The molecular formula is C20H29N3O3S. The summed E-state index contributed by atoms with van der Waals surface area (Å²) in [5, 5.41) is 26.5. The third kappa shape index (κ3) is 5.80. The molecule has 148 valence electrons. The van der Waals surface area contributed by atoms with Gasteiger partial charge in [0, 0.05) is 29.9 Å². The second-order valence-electron chi connectivity index (χ2n) is 7.45. The lowest BCUT2D eigenvalue weighted by atomic mass is 9.97. The molecule has 0 saturated heterocycles. The van der Waals surface area contributed by atoms with Gasteiger partial charge < -0.3 is 25.2 Å². The number of methoxy groups -OCH3 is 2. The second kappa shape index (κ2) is 9.36. The van der Waals surface area contributed by atoms with Gasteiger partial charge in [0.1, 0.15) is 11.0 Å². The highest BCUT2D eigenvalue weighted by atomic mass is 32.2. The van der Waals surface area contributed by atoms with Gasteiger partial charge in [0.25, 0.3) is 0 Å². The van der Waals surface area contributed by atoms with Crippen molar-refractivity contribution in [3.8, 4) is 17.6 Å². The number of benzene rings is 1. The summed E-state index contributed by atoms with van der Waals surface area (Å²) in [6.07, 6.45) is 0.312. The molecule has 1 unspecified atom stereocenters. The van der Waals surface area contributed by atoms with Crippen LogP contribution in [-0.2, 0) is 6.42 Å². The molecule has 1 aliphatic rings. The molecule has 7 heteroatoms. The minimum Gasteiger partial charge on any atom is -0.493 e. The van der Waals surface area contributed by atoms with Gasteiger partial charge in [0.15, 0.2) is 11.5 Å². The summed E-state index contributed by atoms with van der Waals surface area (Å²) in [7, 11) is 3.22. The van der Waals surface area contributed by atoms with E-state index >= 15 is 0 Å². The highest BCUT2D eigenvalue weighted by Crippen LogP contribution is 2.37. The van der Waals surface area contributed by atoms with Crippen LogP contribution in [0.2, 0.25) is 0 Å². The van der Waals surface area contributed by atoms with Crippen LogP contribution < -0.4 is 20.1 Å². The first-order chi connectivity index (χ1) is 12.8.